The van der Waals surface area contributed by atoms with Gasteiger partial charge in [-0.1, -0.05) is 6.92 Å². The molecule has 0 spiro atoms. The van der Waals surface area contributed by atoms with Crippen molar-refractivity contribution in [3.05, 3.63) is 0 Å². The van der Waals surface area contributed by atoms with Gasteiger partial charge in [-0.15, -0.1) is 0 Å². The van der Waals surface area contributed by atoms with Crippen LogP contribution < -0.4 is 10.0 Å². The first-order valence-corrected chi connectivity index (χ1v) is 6.77. The molecule has 0 rings (SSSR count). The van der Waals surface area contributed by atoms with Crippen molar-refractivity contribution in [2.75, 3.05) is 33.4 Å². The zero-order valence-corrected chi connectivity index (χ0v) is 10.6. The second kappa shape index (κ2) is 8.04. The minimum atomic E-state index is -3.18. The van der Waals surface area contributed by atoms with Crippen molar-refractivity contribution < 1.29 is 13.2 Å². The number of hydrogen-bond acceptors (Lipinski definition) is 4. The summed E-state index contributed by atoms with van der Waals surface area (Å²) in [6.07, 6.45) is 0.698. The van der Waals surface area contributed by atoms with Gasteiger partial charge in [0, 0.05) is 26.8 Å². The zero-order chi connectivity index (χ0) is 11.7. The highest BCUT2D eigenvalue weighted by Crippen LogP contribution is 1.96. The van der Waals surface area contributed by atoms with Crippen molar-refractivity contribution >= 4 is 10.0 Å². The highest BCUT2D eigenvalue weighted by Gasteiger charge is 2.18. The van der Waals surface area contributed by atoms with Crippen LogP contribution in [0.3, 0.4) is 0 Å². The van der Waals surface area contributed by atoms with Crippen molar-refractivity contribution in [2.24, 2.45) is 0 Å². The van der Waals surface area contributed by atoms with Crippen LogP contribution in [0, 0.1) is 0 Å². The van der Waals surface area contributed by atoms with E-state index < -0.39 is 15.3 Å². The molecule has 0 aliphatic heterocycles. The fourth-order valence-electron chi connectivity index (χ4n) is 1.03. The van der Waals surface area contributed by atoms with E-state index in [0.29, 0.717) is 26.1 Å². The molecule has 0 heterocycles. The molecule has 2 N–H and O–H groups in total. The maximum absolute atomic E-state index is 11.6. The second-order valence-electron chi connectivity index (χ2n) is 3.40. The Morgan fingerprint density at radius 1 is 1.40 bits per heavy atom. The van der Waals surface area contributed by atoms with E-state index in [1.165, 1.54) is 0 Å². The number of nitrogens with one attached hydrogen (secondary N) is 2. The van der Waals surface area contributed by atoms with E-state index in [1.807, 2.05) is 6.92 Å². The second-order valence-corrected chi connectivity index (χ2v) is 5.59. The molecule has 0 aromatic rings. The van der Waals surface area contributed by atoms with Gasteiger partial charge in [0.1, 0.15) is 0 Å². The number of sulfonamides is 1. The van der Waals surface area contributed by atoms with Crippen LogP contribution in [0.5, 0.6) is 0 Å². The Morgan fingerprint density at radius 3 is 2.60 bits per heavy atom. The first-order valence-electron chi connectivity index (χ1n) is 5.22. The van der Waals surface area contributed by atoms with Crippen molar-refractivity contribution in [2.45, 2.75) is 25.5 Å². The summed E-state index contributed by atoms with van der Waals surface area (Å²) in [6, 6.07) is 0. The van der Waals surface area contributed by atoms with E-state index in [4.69, 9.17) is 4.74 Å². The summed E-state index contributed by atoms with van der Waals surface area (Å²) in [7, 11) is -1.58. The summed E-state index contributed by atoms with van der Waals surface area (Å²) in [4.78, 5) is 0. The molecule has 0 bridgehead atoms. The van der Waals surface area contributed by atoms with Crippen LogP contribution in [0.1, 0.15) is 20.3 Å². The molecule has 5 nitrogen and oxygen atoms in total. The van der Waals surface area contributed by atoms with E-state index in [1.54, 1.807) is 14.0 Å². The van der Waals surface area contributed by atoms with Crippen LogP contribution in [0.15, 0.2) is 0 Å². The maximum atomic E-state index is 11.6. The average molecular weight is 238 g/mol. The molecule has 0 aliphatic rings. The van der Waals surface area contributed by atoms with Crippen molar-refractivity contribution in [3.8, 4) is 0 Å². The molecular formula is C9H22N2O3S. The Labute approximate surface area is 92.6 Å². The Hall–Kier alpha value is -0.170. The lowest BCUT2D eigenvalue weighted by Crippen LogP contribution is -2.39. The Bertz CT molecular complexity index is 242. The number of ether oxygens (including phenoxy) is 1. The third-order valence-electron chi connectivity index (χ3n) is 2.04. The molecule has 0 fully saturated rings. The van der Waals surface area contributed by atoms with Gasteiger partial charge in [-0.25, -0.2) is 13.1 Å². The smallest absolute Gasteiger partial charge is 0.215 e. The normalized spacial score (nSPS) is 14.1. The summed E-state index contributed by atoms with van der Waals surface area (Å²) in [5, 5.41) is 2.61. The highest BCUT2D eigenvalue weighted by atomic mass is 32.2. The Balaban J connectivity index is 3.84. The van der Waals surface area contributed by atoms with E-state index in [-0.39, 0.29) is 0 Å². The van der Waals surface area contributed by atoms with Crippen LogP contribution in [-0.2, 0) is 14.8 Å². The number of hydrogen-bond donors (Lipinski definition) is 2. The van der Waals surface area contributed by atoms with Gasteiger partial charge in [0.2, 0.25) is 10.0 Å². The van der Waals surface area contributed by atoms with E-state index in [9.17, 15) is 8.42 Å². The molecular weight excluding hydrogens is 216 g/mol. The van der Waals surface area contributed by atoms with Crippen molar-refractivity contribution in [1.29, 1.82) is 0 Å². The lowest BCUT2D eigenvalue weighted by molar-refractivity contribution is 0.196. The van der Waals surface area contributed by atoms with E-state index >= 15 is 0 Å². The fraction of sp³-hybridized carbons (Fsp3) is 1.00. The third kappa shape index (κ3) is 6.83. The van der Waals surface area contributed by atoms with Gasteiger partial charge in [-0.05, 0) is 19.9 Å². The molecule has 0 aliphatic carbocycles. The lowest BCUT2D eigenvalue weighted by Gasteiger charge is -2.13. The van der Waals surface area contributed by atoms with Gasteiger partial charge < -0.3 is 10.1 Å². The first-order chi connectivity index (χ1) is 7.04. The Morgan fingerprint density at radius 2 is 2.07 bits per heavy atom. The largest absolute Gasteiger partial charge is 0.385 e. The molecule has 6 heteroatoms. The minimum absolute atomic E-state index is 0.403. The maximum Gasteiger partial charge on any atom is 0.215 e. The molecule has 0 saturated heterocycles. The molecule has 1 atom stereocenters. The number of methoxy groups -OCH3 is 1. The van der Waals surface area contributed by atoms with Gasteiger partial charge in [0.25, 0.3) is 0 Å². The summed E-state index contributed by atoms with van der Waals surface area (Å²) in [5.41, 5.74) is 0. The Kier molecular flexibility index (Phi) is 7.95. The average Bonchev–Trinajstić information content (AvgIpc) is 2.21. The third-order valence-corrected chi connectivity index (χ3v) is 3.87. The molecule has 92 valence electrons. The zero-order valence-electron chi connectivity index (χ0n) is 9.75. The number of rotatable bonds is 9. The first kappa shape index (κ1) is 14.8. The topological polar surface area (TPSA) is 67.4 Å². The van der Waals surface area contributed by atoms with Crippen molar-refractivity contribution in [3.63, 3.8) is 0 Å². The molecule has 1 unspecified atom stereocenters. The lowest BCUT2D eigenvalue weighted by atomic mass is 10.5. The predicted molar refractivity (Wildman–Crippen MR) is 61.4 cm³/mol. The van der Waals surface area contributed by atoms with Crippen LogP contribution in [-0.4, -0.2) is 47.0 Å². The van der Waals surface area contributed by atoms with E-state index in [2.05, 4.69) is 10.0 Å². The van der Waals surface area contributed by atoms with Gasteiger partial charge in [0.05, 0.1) is 5.25 Å². The fourth-order valence-corrected chi connectivity index (χ4v) is 2.08. The van der Waals surface area contributed by atoms with E-state index in [0.717, 1.165) is 6.54 Å². The van der Waals surface area contributed by atoms with Crippen LogP contribution in [0.25, 0.3) is 0 Å². The molecule has 0 amide bonds. The minimum Gasteiger partial charge on any atom is -0.385 e. The van der Waals surface area contributed by atoms with Crippen LogP contribution in [0.4, 0.5) is 0 Å². The van der Waals surface area contributed by atoms with Gasteiger partial charge >= 0.3 is 0 Å². The summed E-state index contributed by atoms with van der Waals surface area (Å²) in [6.45, 7) is 5.92. The highest BCUT2D eigenvalue weighted by molar-refractivity contribution is 7.90. The van der Waals surface area contributed by atoms with Gasteiger partial charge in [-0.3, -0.25) is 0 Å². The summed E-state index contributed by atoms with van der Waals surface area (Å²) in [5.74, 6) is 0. The van der Waals surface area contributed by atoms with Crippen LogP contribution >= 0.6 is 0 Å². The standard InChI is InChI=1S/C9H22N2O3S/c1-4-10-8-9(2)15(12,13)11-6-5-7-14-3/h9-11H,4-8H2,1-3H3. The van der Waals surface area contributed by atoms with Crippen LogP contribution in [0.2, 0.25) is 0 Å². The molecule has 0 saturated carbocycles. The SMILES string of the molecule is CCNCC(C)S(=O)(=O)NCCCOC. The molecule has 0 radical (unpaired) electrons. The van der Waals surface area contributed by atoms with Gasteiger partial charge in [-0.2, -0.15) is 0 Å². The monoisotopic (exact) mass is 238 g/mol. The molecule has 0 aromatic heterocycles. The quantitative estimate of drug-likeness (QED) is 0.552. The molecule has 15 heavy (non-hydrogen) atoms. The van der Waals surface area contributed by atoms with Crippen molar-refractivity contribution in [1.82, 2.24) is 10.0 Å². The molecule has 0 aromatic carbocycles. The summed E-state index contributed by atoms with van der Waals surface area (Å²) < 4.78 is 30.6. The van der Waals surface area contributed by atoms with Gasteiger partial charge in [0.15, 0.2) is 0 Å². The predicted octanol–water partition coefficient (Wildman–Crippen LogP) is -0.0597. The summed E-state index contributed by atoms with van der Waals surface area (Å²) >= 11 is 0.